The van der Waals surface area contributed by atoms with Crippen LogP contribution in [0.3, 0.4) is 0 Å². The number of ketones is 1. The van der Waals surface area contributed by atoms with Crippen LogP contribution >= 0.6 is 0 Å². The zero-order chi connectivity index (χ0) is 25.0. The second kappa shape index (κ2) is 10.6. The number of likely N-dealkylation sites (tertiary alicyclic amines) is 1. The maximum atomic E-state index is 13.2. The molecule has 182 valence electrons. The van der Waals surface area contributed by atoms with Crippen LogP contribution in [0, 0.1) is 6.92 Å². The number of benzene rings is 2. The number of amides is 1. The van der Waals surface area contributed by atoms with Crippen molar-refractivity contribution in [2.45, 2.75) is 26.3 Å². The Morgan fingerprint density at radius 1 is 1.12 bits per heavy atom. The van der Waals surface area contributed by atoms with E-state index in [0.717, 1.165) is 12.1 Å². The average Bonchev–Trinajstić information content (AvgIpc) is 3.05. The number of aliphatic hydroxyl groups is 1. The van der Waals surface area contributed by atoms with Crippen LogP contribution in [0.25, 0.3) is 5.76 Å². The van der Waals surface area contributed by atoms with Gasteiger partial charge >= 0.3 is 0 Å². The molecule has 3 rings (SSSR count). The zero-order valence-electron chi connectivity index (χ0n) is 20.3. The molecule has 1 aliphatic rings. The smallest absolute Gasteiger partial charge is 0.295 e. The van der Waals surface area contributed by atoms with E-state index in [1.165, 1.54) is 11.0 Å². The predicted octanol–water partition coefficient (Wildman–Crippen LogP) is 3.48. The Morgan fingerprint density at radius 3 is 2.47 bits per heavy atom. The highest BCUT2D eigenvalue weighted by Gasteiger charge is 2.46. The van der Waals surface area contributed by atoms with Crippen LogP contribution in [0.15, 0.2) is 42.0 Å². The second-order valence-corrected chi connectivity index (χ2v) is 8.49. The number of carbonyl (C=O) groups excluding carboxylic acids is 2. The Hall–Kier alpha value is -3.52. The summed E-state index contributed by atoms with van der Waals surface area (Å²) < 4.78 is 10.8. The van der Waals surface area contributed by atoms with E-state index < -0.39 is 17.7 Å². The van der Waals surface area contributed by atoms with E-state index in [1.54, 1.807) is 44.4 Å². The average molecular weight is 469 g/mol. The lowest BCUT2D eigenvalue weighted by molar-refractivity contribution is -0.139. The van der Waals surface area contributed by atoms with Crippen molar-refractivity contribution in [2.75, 3.05) is 40.9 Å². The molecule has 8 nitrogen and oxygen atoms in total. The van der Waals surface area contributed by atoms with E-state index in [1.807, 2.05) is 25.9 Å². The number of rotatable bonds is 9. The van der Waals surface area contributed by atoms with Crippen molar-refractivity contribution in [3.05, 3.63) is 58.7 Å². The van der Waals surface area contributed by atoms with Gasteiger partial charge in [-0.05, 0) is 82.4 Å². The highest BCUT2D eigenvalue weighted by atomic mass is 16.5. The Bertz CT molecular complexity index is 1110. The van der Waals surface area contributed by atoms with Gasteiger partial charge in [-0.25, -0.2) is 0 Å². The molecule has 1 saturated heterocycles. The number of aliphatic hydroxyl groups excluding tert-OH is 1. The Labute approximate surface area is 200 Å². The lowest BCUT2D eigenvalue weighted by Gasteiger charge is -2.26. The molecule has 0 aromatic heterocycles. The summed E-state index contributed by atoms with van der Waals surface area (Å²) in [4.78, 5) is 29.7. The third-order valence-electron chi connectivity index (χ3n) is 5.81. The summed E-state index contributed by atoms with van der Waals surface area (Å²) in [6, 6.07) is 8.98. The molecule has 1 fully saturated rings. The fourth-order valence-corrected chi connectivity index (χ4v) is 4.17. The van der Waals surface area contributed by atoms with Crippen LogP contribution in [0.4, 0.5) is 0 Å². The number of aromatic hydroxyl groups is 1. The van der Waals surface area contributed by atoms with Crippen molar-refractivity contribution < 1.29 is 29.3 Å². The van der Waals surface area contributed by atoms with Crippen molar-refractivity contribution in [3.63, 3.8) is 0 Å². The molecule has 8 heteroatoms. The lowest BCUT2D eigenvalue weighted by atomic mass is 9.94. The Balaban J connectivity index is 2.15. The van der Waals surface area contributed by atoms with Gasteiger partial charge in [-0.1, -0.05) is 6.07 Å². The molecule has 0 aliphatic carbocycles. The number of Topliss-reactive ketones (excluding diaryl/α,β-unsaturated/α-hetero) is 1. The third-order valence-corrected chi connectivity index (χ3v) is 5.81. The molecular weight excluding hydrogens is 436 g/mol. The van der Waals surface area contributed by atoms with Crippen LogP contribution in [0.5, 0.6) is 17.2 Å². The summed E-state index contributed by atoms with van der Waals surface area (Å²) in [5, 5.41) is 21.4. The molecule has 0 spiro atoms. The van der Waals surface area contributed by atoms with Gasteiger partial charge in [0.1, 0.15) is 11.5 Å². The third kappa shape index (κ3) is 5.02. The van der Waals surface area contributed by atoms with Crippen LogP contribution < -0.4 is 9.47 Å². The van der Waals surface area contributed by atoms with Gasteiger partial charge in [0, 0.05) is 12.1 Å². The van der Waals surface area contributed by atoms with Crippen molar-refractivity contribution in [1.82, 2.24) is 9.80 Å². The molecule has 0 unspecified atom stereocenters. The van der Waals surface area contributed by atoms with Gasteiger partial charge < -0.3 is 29.5 Å². The van der Waals surface area contributed by atoms with Crippen LogP contribution in [0.1, 0.15) is 36.1 Å². The molecule has 2 N–H and O–H groups in total. The molecule has 0 saturated carbocycles. The van der Waals surface area contributed by atoms with Crippen LogP contribution in [-0.2, 0) is 9.59 Å². The number of ether oxygens (including phenoxy) is 2. The van der Waals surface area contributed by atoms with Gasteiger partial charge in [0.25, 0.3) is 11.7 Å². The first kappa shape index (κ1) is 25.1. The first-order chi connectivity index (χ1) is 16.2. The number of phenolic OH excluding ortho intramolecular Hbond substituents is 1. The summed E-state index contributed by atoms with van der Waals surface area (Å²) in [5.74, 6) is -0.805. The minimum atomic E-state index is -0.815. The standard InChI is InChI=1S/C26H32N2O6/c1-6-34-21-15-17(8-10-19(21)29)23-22(24(30)18-9-11-20(33-5)16(2)14-18)25(31)26(32)28(23)13-7-12-27(3)4/h8-11,14-15,23,29-30H,6-7,12-13H2,1-5H3/t23-/m1/s1. The number of aryl methyl sites for hydroxylation is 1. The molecule has 34 heavy (non-hydrogen) atoms. The van der Waals surface area contributed by atoms with Gasteiger partial charge in [0.2, 0.25) is 0 Å². The molecule has 0 bridgehead atoms. The van der Waals surface area contributed by atoms with Crippen LogP contribution in [-0.4, -0.2) is 72.6 Å². The van der Waals surface area contributed by atoms with E-state index in [4.69, 9.17) is 9.47 Å². The topological polar surface area (TPSA) is 99.5 Å². The molecule has 1 aliphatic heterocycles. The highest BCUT2D eigenvalue weighted by molar-refractivity contribution is 6.46. The molecule has 0 radical (unpaired) electrons. The monoisotopic (exact) mass is 468 g/mol. The summed E-state index contributed by atoms with van der Waals surface area (Å²) in [5.41, 5.74) is 1.77. The Kier molecular flexibility index (Phi) is 7.83. The molecule has 1 amide bonds. The Morgan fingerprint density at radius 2 is 1.85 bits per heavy atom. The van der Waals surface area contributed by atoms with E-state index in [9.17, 15) is 19.8 Å². The first-order valence-electron chi connectivity index (χ1n) is 11.2. The van der Waals surface area contributed by atoms with Crippen molar-refractivity contribution in [3.8, 4) is 17.2 Å². The number of methoxy groups -OCH3 is 1. The fourth-order valence-electron chi connectivity index (χ4n) is 4.17. The predicted molar refractivity (Wildman–Crippen MR) is 129 cm³/mol. The van der Waals surface area contributed by atoms with Crippen molar-refractivity contribution in [1.29, 1.82) is 0 Å². The minimum Gasteiger partial charge on any atom is -0.507 e. The van der Waals surface area contributed by atoms with E-state index >= 15 is 0 Å². The number of hydrogen-bond acceptors (Lipinski definition) is 7. The number of carbonyl (C=O) groups is 2. The van der Waals surface area contributed by atoms with Gasteiger partial charge in [-0.2, -0.15) is 0 Å². The lowest BCUT2D eigenvalue weighted by Crippen LogP contribution is -2.32. The fraction of sp³-hybridized carbons (Fsp3) is 0.385. The van der Waals surface area contributed by atoms with Crippen molar-refractivity contribution >= 4 is 17.4 Å². The number of hydrogen-bond donors (Lipinski definition) is 2. The molecule has 1 atom stereocenters. The van der Waals surface area contributed by atoms with Gasteiger partial charge in [-0.15, -0.1) is 0 Å². The summed E-state index contributed by atoms with van der Waals surface area (Å²) in [6.45, 7) is 5.03. The number of nitrogens with zero attached hydrogens (tertiary/aromatic N) is 2. The summed E-state index contributed by atoms with van der Waals surface area (Å²) in [7, 11) is 5.43. The highest BCUT2D eigenvalue weighted by Crippen LogP contribution is 2.42. The molecule has 2 aromatic carbocycles. The van der Waals surface area contributed by atoms with E-state index in [0.29, 0.717) is 36.4 Å². The largest absolute Gasteiger partial charge is 0.507 e. The SMILES string of the molecule is CCOc1cc([C@@H]2C(=C(O)c3ccc(OC)c(C)c3)C(=O)C(=O)N2CCCN(C)C)ccc1O. The molecular formula is C26H32N2O6. The van der Waals surface area contributed by atoms with E-state index in [-0.39, 0.29) is 22.8 Å². The van der Waals surface area contributed by atoms with Gasteiger partial charge in [-0.3, -0.25) is 9.59 Å². The van der Waals surface area contributed by atoms with E-state index in [2.05, 4.69) is 0 Å². The second-order valence-electron chi connectivity index (χ2n) is 8.49. The maximum absolute atomic E-state index is 13.2. The summed E-state index contributed by atoms with van der Waals surface area (Å²) >= 11 is 0. The normalized spacial score (nSPS) is 17.5. The zero-order valence-corrected chi connectivity index (χ0v) is 20.3. The van der Waals surface area contributed by atoms with Crippen molar-refractivity contribution in [2.24, 2.45) is 0 Å². The first-order valence-corrected chi connectivity index (χ1v) is 11.2. The summed E-state index contributed by atoms with van der Waals surface area (Å²) in [6.07, 6.45) is 0.647. The van der Waals surface area contributed by atoms with Crippen LogP contribution in [0.2, 0.25) is 0 Å². The maximum Gasteiger partial charge on any atom is 0.295 e. The quantitative estimate of drug-likeness (QED) is 0.330. The van der Waals surface area contributed by atoms with Gasteiger partial charge in [0.05, 0.1) is 25.3 Å². The molecule has 2 aromatic rings. The minimum absolute atomic E-state index is 0.00700. The molecule has 1 heterocycles. The number of phenols is 1. The van der Waals surface area contributed by atoms with Gasteiger partial charge in [0.15, 0.2) is 11.5 Å².